The monoisotopic (exact) mass is 416 g/mol. The molecule has 0 aliphatic carbocycles. The molecule has 0 fully saturated rings. The molecular weight excluding hydrogens is 400 g/mol. The summed E-state index contributed by atoms with van der Waals surface area (Å²) < 4.78 is 34.7. The smallest absolute Gasteiger partial charge is 0.262 e. The van der Waals surface area contributed by atoms with Gasteiger partial charge in [0.05, 0.1) is 10.6 Å². The molecule has 30 heavy (non-hydrogen) atoms. The number of amides is 1. The minimum Gasteiger partial charge on any atom is -0.457 e. The second kappa shape index (κ2) is 6.89. The van der Waals surface area contributed by atoms with E-state index >= 15 is 0 Å². The molecule has 1 heterocycles. The van der Waals surface area contributed by atoms with Crippen LogP contribution < -0.4 is 14.8 Å². The number of ether oxygens (including phenoxy) is 1. The van der Waals surface area contributed by atoms with Gasteiger partial charge in [-0.05, 0) is 42.5 Å². The van der Waals surface area contributed by atoms with E-state index in [0.29, 0.717) is 39.2 Å². The number of sulfonamides is 1. The molecular formula is C23H16N2O4S. The fraction of sp³-hybridized carbons (Fsp3) is 0. The fourth-order valence-corrected chi connectivity index (χ4v) is 4.81. The standard InChI is InChI=1S/C23H16N2O4S/c26-23-19-11-5-10-18-21(13-12-20(24-23)22(18)19)30(27,28)25-15-6-4-9-17(14-15)29-16-7-2-1-3-8-16/h1-14,25H,(H,24,26). The van der Waals surface area contributed by atoms with E-state index in [4.69, 9.17) is 4.74 Å². The molecule has 1 aliphatic heterocycles. The zero-order chi connectivity index (χ0) is 20.7. The van der Waals surface area contributed by atoms with E-state index in [9.17, 15) is 13.2 Å². The normalized spacial score (nSPS) is 12.6. The molecule has 148 valence electrons. The largest absolute Gasteiger partial charge is 0.457 e. The van der Waals surface area contributed by atoms with Gasteiger partial charge in [-0.1, -0.05) is 36.4 Å². The predicted molar refractivity (Wildman–Crippen MR) is 116 cm³/mol. The van der Waals surface area contributed by atoms with Crippen molar-refractivity contribution in [1.29, 1.82) is 0 Å². The molecule has 0 aromatic heterocycles. The first-order valence-corrected chi connectivity index (χ1v) is 10.7. The third-order valence-corrected chi connectivity index (χ3v) is 6.29. The average molecular weight is 416 g/mol. The molecule has 4 aromatic carbocycles. The topological polar surface area (TPSA) is 84.5 Å². The first-order valence-electron chi connectivity index (χ1n) is 9.24. The lowest BCUT2D eigenvalue weighted by molar-refractivity contribution is 0.103. The number of hydrogen-bond acceptors (Lipinski definition) is 4. The van der Waals surface area contributed by atoms with Crippen LogP contribution in [-0.4, -0.2) is 14.3 Å². The summed E-state index contributed by atoms with van der Waals surface area (Å²) >= 11 is 0. The van der Waals surface area contributed by atoms with Crippen molar-refractivity contribution < 1.29 is 17.9 Å². The molecule has 0 bridgehead atoms. The molecule has 1 amide bonds. The fourth-order valence-electron chi connectivity index (χ4n) is 3.56. The number of anilines is 2. The number of hydrogen-bond donors (Lipinski definition) is 2. The van der Waals surface area contributed by atoms with Crippen molar-refractivity contribution in [2.45, 2.75) is 4.90 Å². The SMILES string of the molecule is O=C1Nc2ccc(S(=O)(=O)Nc3cccc(Oc4ccccc4)c3)c3cccc1c23. The van der Waals surface area contributed by atoms with E-state index in [1.807, 2.05) is 30.3 Å². The second-order valence-electron chi connectivity index (χ2n) is 6.84. The maximum Gasteiger partial charge on any atom is 0.262 e. The summed E-state index contributed by atoms with van der Waals surface area (Å²) in [5.41, 5.74) is 1.46. The summed E-state index contributed by atoms with van der Waals surface area (Å²) in [5, 5.41) is 3.87. The minimum atomic E-state index is -3.90. The highest BCUT2D eigenvalue weighted by molar-refractivity contribution is 7.93. The summed E-state index contributed by atoms with van der Waals surface area (Å²) in [6.07, 6.45) is 0. The zero-order valence-corrected chi connectivity index (χ0v) is 16.4. The third kappa shape index (κ3) is 3.15. The van der Waals surface area contributed by atoms with Crippen LogP contribution in [0.2, 0.25) is 0 Å². The van der Waals surface area contributed by atoms with Crippen molar-refractivity contribution in [3.8, 4) is 11.5 Å². The predicted octanol–water partition coefficient (Wildman–Crippen LogP) is 5.00. The third-order valence-electron chi connectivity index (χ3n) is 4.85. The Labute approximate surface area is 173 Å². The van der Waals surface area contributed by atoms with Crippen LogP contribution in [0.25, 0.3) is 10.8 Å². The summed E-state index contributed by atoms with van der Waals surface area (Å²) in [5.74, 6) is 0.933. The van der Waals surface area contributed by atoms with E-state index in [1.165, 1.54) is 6.07 Å². The molecule has 2 N–H and O–H groups in total. The maximum atomic E-state index is 13.2. The van der Waals surface area contributed by atoms with Crippen molar-refractivity contribution in [2.75, 3.05) is 10.0 Å². The van der Waals surface area contributed by atoms with Gasteiger partial charge in [0.25, 0.3) is 15.9 Å². The first-order chi connectivity index (χ1) is 14.5. The number of para-hydroxylation sites is 1. The van der Waals surface area contributed by atoms with Gasteiger partial charge in [-0.15, -0.1) is 0 Å². The van der Waals surface area contributed by atoms with Gasteiger partial charge in [0.2, 0.25) is 0 Å². The molecule has 6 nitrogen and oxygen atoms in total. The Balaban J connectivity index is 1.50. The Morgan fingerprint density at radius 3 is 2.40 bits per heavy atom. The van der Waals surface area contributed by atoms with Crippen molar-refractivity contribution in [2.24, 2.45) is 0 Å². The molecule has 0 spiro atoms. The highest BCUT2D eigenvalue weighted by Crippen LogP contribution is 2.37. The quantitative estimate of drug-likeness (QED) is 0.480. The van der Waals surface area contributed by atoms with Crippen LogP contribution in [0.5, 0.6) is 11.5 Å². The van der Waals surface area contributed by atoms with Crippen molar-refractivity contribution >= 4 is 38.1 Å². The highest BCUT2D eigenvalue weighted by atomic mass is 32.2. The van der Waals surface area contributed by atoms with Gasteiger partial charge >= 0.3 is 0 Å². The van der Waals surface area contributed by atoms with Crippen LogP contribution in [0, 0.1) is 0 Å². The highest BCUT2D eigenvalue weighted by Gasteiger charge is 2.26. The second-order valence-corrected chi connectivity index (χ2v) is 8.49. The molecule has 0 saturated carbocycles. The van der Waals surface area contributed by atoms with Gasteiger partial charge in [-0.25, -0.2) is 8.42 Å². The van der Waals surface area contributed by atoms with Crippen molar-refractivity contribution in [1.82, 2.24) is 0 Å². The lowest BCUT2D eigenvalue weighted by Gasteiger charge is -2.12. The average Bonchev–Trinajstić information content (AvgIpc) is 3.06. The van der Waals surface area contributed by atoms with Crippen LogP contribution >= 0.6 is 0 Å². The first kappa shape index (κ1) is 18.2. The van der Waals surface area contributed by atoms with E-state index in [1.54, 1.807) is 48.5 Å². The molecule has 7 heteroatoms. The Morgan fingerprint density at radius 2 is 1.57 bits per heavy atom. The molecule has 0 unspecified atom stereocenters. The molecule has 5 rings (SSSR count). The molecule has 4 aromatic rings. The van der Waals surface area contributed by atoms with Gasteiger partial charge < -0.3 is 10.1 Å². The Bertz CT molecular complexity index is 1400. The molecule has 0 atom stereocenters. The summed E-state index contributed by atoms with van der Waals surface area (Å²) in [6.45, 7) is 0. The van der Waals surface area contributed by atoms with Crippen LogP contribution in [-0.2, 0) is 10.0 Å². The van der Waals surface area contributed by atoms with Crippen LogP contribution in [0.1, 0.15) is 10.4 Å². The molecule has 1 aliphatic rings. The van der Waals surface area contributed by atoms with Crippen LogP contribution in [0.4, 0.5) is 11.4 Å². The Hall–Kier alpha value is -3.84. The van der Waals surface area contributed by atoms with E-state index in [2.05, 4.69) is 10.0 Å². The summed E-state index contributed by atoms with van der Waals surface area (Å²) in [7, 11) is -3.90. The Kier molecular flexibility index (Phi) is 4.18. The number of rotatable bonds is 5. The van der Waals surface area contributed by atoms with Gasteiger partial charge in [-0.3, -0.25) is 9.52 Å². The summed E-state index contributed by atoms with van der Waals surface area (Å²) in [6, 6.07) is 24.2. The van der Waals surface area contributed by atoms with E-state index in [0.717, 1.165) is 0 Å². The maximum absolute atomic E-state index is 13.2. The zero-order valence-electron chi connectivity index (χ0n) is 15.6. The van der Waals surface area contributed by atoms with Crippen LogP contribution in [0.15, 0.2) is 89.8 Å². The van der Waals surface area contributed by atoms with Gasteiger partial charge in [0.15, 0.2) is 0 Å². The van der Waals surface area contributed by atoms with Crippen LogP contribution in [0.3, 0.4) is 0 Å². The Morgan fingerprint density at radius 1 is 0.800 bits per heavy atom. The number of carbonyl (C=O) groups is 1. The van der Waals surface area contributed by atoms with Gasteiger partial charge in [0.1, 0.15) is 11.5 Å². The summed E-state index contributed by atoms with van der Waals surface area (Å²) in [4.78, 5) is 12.2. The van der Waals surface area contributed by atoms with Gasteiger partial charge in [-0.2, -0.15) is 0 Å². The van der Waals surface area contributed by atoms with Crippen molar-refractivity contribution in [3.63, 3.8) is 0 Å². The molecule has 0 saturated heterocycles. The lowest BCUT2D eigenvalue weighted by Crippen LogP contribution is -2.13. The number of carbonyl (C=O) groups excluding carboxylic acids is 1. The number of nitrogens with one attached hydrogen (secondary N) is 2. The lowest BCUT2D eigenvalue weighted by atomic mass is 10.1. The number of benzene rings is 4. The molecule has 0 radical (unpaired) electrons. The minimum absolute atomic E-state index is 0.106. The van der Waals surface area contributed by atoms with Crippen molar-refractivity contribution in [3.05, 3.63) is 90.5 Å². The van der Waals surface area contributed by atoms with E-state index in [-0.39, 0.29) is 10.8 Å². The van der Waals surface area contributed by atoms with Gasteiger partial charge in [0, 0.05) is 28.1 Å². The van der Waals surface area contributed by atoms with E-state index < -0.39 is 10.0 Å².